The third-order valence-corrected chi connectivity index (χ3v) is 13.0. The fraction of sp³-hybridized carbons (Fsp3) is 0.469. The number of anilines is 3. The van der Waals surface area contributed by atoms with Gasteiger partial charge in [0.25, 0.3) is 5.56 Å². The number of aromatic nitrogens is 3. The number of sulfone groups is 1. The lowest BCUT2D eigenvalue weighted by molar-refractivity contribution is 0.231. The van der Waals surface area contributed by atoms with Gasteiger partial charge in [-0.25, -0.2) is 13.4 Å². The van der Waals surface area contributed by atoms with Crippen molar-refractivity contribution in [1.82, 2.24) is 19.4 Å². The van der Waals surface area contributed by atoms with Crippen LogP contribution in [0.3, 0.4) is 0 Å². The van der Waals surface area contributed by atoms with E-state index in [9.17, 15) is 13.2 Å². The molecular weight excluding hydrogens is 581 g/mol. The maximum absolute atomic E-state index is 14.0. The van der Waals surface area contributed by atoms with Crippen molar-refractivity contribution >= 4 is 49.5 Å². The Morgan fingerprint density at radius 2 is 1.70 bits per heavy atom. The molecule has 1 atom stereocenters. The minimum atomic E-state index is -3.32. The first-order valence-electron chi connectivity index (χ1n) is 15.6. The second-order valence-corrected chi connectivity index (χ2v) is 15.6. The molecule has 224 valence electrons. The van der Waals surface area contributed by atoms with Crippen molar-refractivity contribution in [2.24, 2.45) is 0 Å². The Bertz CT molecular complexity index is 1840. The van der Waals surface area contributed by atoms with E-state index in [4.69, 9.17) is 4.98 Å². The van der Waals surface area contributed by atoms with Gasteiger partial charge in [0.05, 0.1) is 15.7 Å². The molecule has 4 aromatic rings. The summed E-state index contributed by atoms with van der Waals surface area (Å²) in [5, 5.41) is 5.52. The lowest BCUT2D eigenvalue weighted by atomic mass is 10.1. The van der Waals surface area contributed by atoms with Gasteiger partial charge < -0.3 is 10.2 Å². The molecule has 0 spiro atoms. The molecule has 1 unspecified atom stereocenters. The largest absolute Gasteiger partial charge is 0.369 e. The molecule has 9 nitrogen and oxygen atoms in total. The first-order chi connectivity index (χ1) is 20.9. The maximum atomic E-state index is 14.0. The van der Waals surface area contributed by atoms with Gasteiger partial charge >= 0.3 is 0 Å². The molecule has 11 heteroatoms. The van der Waals surface area contributed by atoms with Crippen molar-refractivity contribution in [3.05, 3.63) is 58.3 Å². The topological polar surface area (TPSA) is 100 Å². The van der Waals surface area contributed by atoms with Crippen molar-refractivity contribution in [1.29, 1.82) is 0 Å². The summed E-state index contributed by atoms with van der Waals surface area (Å²) < 4.78 is 27.5. The van der Waals surface area contributed by atoms with E-state index in [2.05, 4.69) is 44.4 Å². The summed E-state index contributed by atoms with van der Waals surface area (Å²) >= 11 is 1.32. The first-order valence-corrected chi connectivity index (χ1v) is 18.0. The molecule has 3 aromatic heterocycles. The van der Waals surface area contributed by atoms with E-state index < -0.39 is 9.84 Å². The van der Waals surface area contributed by atoms with Gasteiger partial charge in [-0.1, -0.05) is 12.8 Å². The molecular formula is C32H36N6O3S2. The third kappa shape index (κ3) is 5.05. The highest BCUT2D eigenvalue weighted by atomic mass is 32.2. The van der Waals surface area contributed by atoms with Gasteiger partial charge in [0.2, 0.25) is 5.95 Å². The Hall–Kier alpha value is -3.28. The summed E-state index contributed by atoms with van der Waals surface area (Å²) in [6.07, 6.45) is 9.79. The Labute approximate surface area is 255 Å². The molecule has 2 saturated carbocycles. The second-order valence-electron chi connectivity index (χ2n) is 12.5. The van der Waals surface area contributed by atoms with Crippen LogP contribution in [0.25, 0.3) is 21.5 Å². The molecule has 2 saturated heterocycles. The van der Waals surface area contributed by atoms with Crippen molar-refractivity contribution in [3.63, 3.8) is 0 Å². The number of nitrogens with one attached hydrogen (secondary N) is 1. The summed E-state index contributed by atoms with van der Waals surface area (Å²) in [7, 11) is -3.32. The molecule has 1 aromatic carbocycles. The quantitative estimate of drug-likeness (QED) is 0.287. The number of piperazine rings is 1. The minimum absolute atomic E-state index is 0.0620. The van der Waals surface area contributed by atoms with Crippen LogP contribution in [-0.4, -0.2) is 65.3 Å². The molecule has 2 aliphatic heterocycles. The molecule has 0 amide bonds. The van der Waals surface area contributed by atoms with Crippen LogP contribution in [0.2, 0.25) is 0 Å². The van der Waals surface area contributed by atoms with Crippen LogP contribution in [0.15, 0.2) is 57.7 Å². The molecule has 8 rings (SSSR count). The minimum Gasteiger partial charge on any atom is -0.369 e. The summed E-state index contributed by atoms with van der Waals surface area (Å²) in [6.45, 7) is 4.52. The number of pyridine rings is 1. The van der Waals surface area contributed by atoms with Gasteiger partial charge in [0, 0.05) is 64.9 Å². The van der Waals surface area contributed by atoms with Crippen LogP contribution >= 0.6 is 11.3 Å². The normalized spacial score (nSPS) is 21.5. The van der Waals surface area contributed by atoms with Crippen LogP contribution in [-0.2, 0) is 9.84 Å². The lowest BCUT2D eigenvalue weighted by Crippen LogP contribution is -2.50. The SMILES string of the molecule is O=c1c(-c2cc(S(=O)(=O)C3CC3)cs2)cc2cnc(Nc3ccc(N4CCN5CCCC5C4)cc3)nc2n1C1CCCC1. The molecule has 0 radical (unpaired) electrons. The zero-order valence-electron chi connectivity index (χ0n) is 24.1. The van der Waals surface area contributed by atoms with Gasteiger partial charge in [0.1, 0.15) is 5.65 Å². The zero-order valence-corrected chi connectivity index (χ0v) is 25.7. The average Bonchev–Trinajstić information content (AvgIpc) is 3.37. The number of fused-ring (bicyclic) bond motifs is 2. The predicted molar refractivity (Wildman–Crippen MR) is 171 cm³/mol. The Kier molecular flexibility index (Phi) is 6.80. The maximum Gasteiger partial charge on any atom is 0.261 e. The van der Waals surface area contributed by atoms with E-state index in [-0.39, 0.29) is 16.9 Å². The summed E-state index contributed by atoms with van der Waals surface area (Å²) in [5.74, 6) is 0.452. The van der Waals surface area contributed by atoms with Crippen molar-refractivity contribution < 1.29 is 8.42 Å². The number of thiophene rings is 1. The second kappa shape index (κ2) is 10.7. The molecule has 2 aliphatic carbocycles. The zero-order chi connectivity index (χ0) is 29.1. The van der Waals surface area contributed by atoms with E-state index in [0.717, 1.165) is 56.4 Å². The molecule has 0 bridgehead atoms. The van der Waals surface area contributed by atoms with E-state index in [0.29, 0.717) is 45.8 Å². The third-order valence-electron chi connectivity index (χ3n) is 9.67. The summed E-state index contributed by atoms with van der Waals surface area (Å²) in [6, 6.07) is 12.7. The van der Waals surface area contributed by atoms with Crippen molar-refractivity contribution in [2.45, 2.75) is 73.6 Å². The van der Waals surface area contributed by atoms with Crippen molar-refractivity contribution in [3.8, 4) is 10.4 Å². The Balaban J connectivity index is 1.09. The van der Waals surface area contributed by atoms with Crippen LogP contribution in [0.1, 0.15) is 57.4 Å². The Morgan fingerprint density at radius 3 is 2.49 bits per heavy atom. The number of rotatable bonds is 7. The molecule has 43 heavy (non-hydrogen) atoms. The van der Waals surface area contributed by atoms with Gasteiger partial charge in [-0.15, -0.1) is 11.3 Å². The number of hydrogen-bond acceptors (Lipinski definition) is 9. The molecule has 4 fully saturated rings. The number of benzene rings is 1. The van der Waals surface area contributed by atoms with E-state index >= 15 is 0 Å². The van der Waals surface area contributed by atoms with Gasteiger partial charge in [-0.05, 0) is 81.5 Å². The number of hydrogen-bond donors (Lipinski definition) is 1. The van der Waals surface area contributed by atoms with Crippen LogP contribution in [0.5, 0.6) is 0 Å². The van der Waals surface area contributed by atoms with Crippen molar-refractivity contribution in [2.75, 3.05) is 36.4 Å². The standard InChI is InChI=1S/C32H36N6O3S2/c39-31-28(29-17-27(20-42-29)43(40,41)26-11-12-26)16-21-18-33-32(35-30(21)38(31)24-4-1-2-5-24)34-22-7-9-23(10-8-22)37-15-14-36-13-3-6-25(36)19-37/h7-10,16-18,20,24-26H,1-6,11-15,19H2,(H,33,34,35). The summed E-state index contributed by atoms with van der Waals surface area (Å²) in [4.78, 5) is 29.6. The highest BCUT2D eigenvalue weighted by molar-refractivity contribution is 7.92. The van der Waals surface area contributed by atoms with Gasteiger partial charge in [0.15, 0.2) is 9.84 Å². The lowest BCUT2D eigenvalue weighted by Gasteiger charge is -2.38. The highest BCUT2D eigenvalue weighted by Gasteiger charge is 2.37. The first kappa shape index (κ1) is 27.3. The smallest absolute Gasteiger partial charge is 0.261 e. The highest BCUT2D eigenvalue weighted by Crippen LogP contribution is 2.38. The van der Waals surface area contributed by atoms with Crippen LogP contribution < -0.4 is 15.8 Å². The monoisotopic (exact) mass is 616 g/mol. The Morgan fingerprint density at radius 1 is 0.907 bits per heavy atom. The average molecular weight is 617 g/mol. The van der Waals surface area contributed by atoms with Gasteiger partial charge in [-0.3, -0.25) is 14.3 Å². The predicted octanol–water partition coefficient (Wildman–Crippen LogP) is 5.60. The molecule has 5 heterocycles. The molecule has 1 N–H and O–H groups in total. The fourth-order valence-corrected chi connectivity index (χ4v) is 10.1. The number of nitrogens with zero attached hydrogens (tertiary/aromatic N) is 5. The van der Waals surface area contributed by atoms with Gasteiger partial charge in [-0.2, -0.15) is 4.98 Å². The summed E-state index contributed by atoms with van der Waals surface area (Å²) in [5.41, 5.74) is 3.15. The van der Waals surface area contributed by atoms with E-state index in [1.54, 1.807) is 17.6 Å². The van der Waals surface area contributed by atoms with Crippen LogP contribution in [0, 0.1) is 0 Å². The van der Waals surface area contributed by atoms with Crippen LogP contribution in [0.4, 0.5) is 17.3 Å². The van der Waals surface area contributed by atoms with E-state index in [1.165, 1.54) is 36.4 Å². The fourth-order valence-electron chi connectivity index (χ4n) is 7.15. The van der Waals surface area contributed by atoms with E-state index in [1.807, 2.05) is 10.6 Å². The molecule has 4 aliphatic rings.